The van der Waals surface area contributed by atoms with E-state index in [1.807, 2.05) is 0 Å². The molecule has 0 saturated heterocycles. The summed E-state index contributed by atoms with van der Waals surface area (Å²) in [5.41, 5.74) is 1.69. The molecule has 2 N–H and O–H groups in total. The molecule has 0 spiro atoms. The van der Waals surface area contributed by atoms with Crippen molar-refractivity contribution in [1.82, 2.24) is 14.5 Å². The number of aromatic amines is 1. The average Bonchev–Trinajstić information content (AvgIpc) is 2.91. The Morgan fingerprint density at radius 1 is 1.32 bits per heavy atom. The van der Waals surface area contributed by atoms with E-state index in [1.165, 1.54) is 4.31 Å². The lowest BCUT2D eigenvalue weighted by atomic mass is 10.3. The van der Waals surface area contributed by atoms with Crippen molar-refractivity contribution in [3.8, 4) is 0 Å². The van der Waals surface area contributed by atoms with E-state index in [0.717, 1.165) is 11.3 Å². The van der Waals surface area contributed by atoms with Crippen LogP contribution in [0.3, 0.4) is 0 Å². The summed E-state index contributed by atoms with van der Waals surface area (Å²) in [6, 6.07) is 6.65. The largest absolute Gasteiger partial charge is 0.388 e. The van der Waals surface area contributed by atoms with Crippen LogP contribution in [0.5, 0.6) is 0 Å². The molecule has 2 aromatic rings. The third kappa shape index (κ3) is 2.94. The van der Waals surface area contributed by atoms with Gasteiger partial charge in [-0.05, 0) is 24.3 Å². The first-order valence-corrected chi connectivity index (χ1v) is 7.20. The number of sulfonamides is 1. The summed E-state index contributed by atoms with van der Waals surface area (Å²) in [4.78, 5) is 0.275. The molecular weight excluding hydrogens is 264 g/mol. The molecule has 102 valence electrons. The van der Waals surface area contributed by atoms with Crippen molar-refractivity contribution >= 4 is 15.7 Å². The Bertz CT molecular complexity index is 620. The summed E-state index contributed by atoms with van der Waals surface area (Å²) < 4.78 is 26.0. The summed E-state index contributed by atoms with van der Waals surface area (Å²) in [5, 5.41) is 9.41. The summed E-state index contributed by atoms with van der Waals surface area (Å²) in [5.74, 6) is 0. The second-order valence-corrected chi connectivity index (χ2v) is 6.19. The summed E-state index contributed by atoms with van der Waals surface area (Å²) in [7, 11) is -0.140. The van der Waals surface area contributed by atoms with Gasteiger partial charge in [-0.2, -0.15) is 9.40 Å². The number of rotatable bonds is 5. The van der Waals surface area contributed by atoms with Crippen molar-refractivity contribution in [2.24, 2.45) is 0 Å². The monoisotopic (exact) mass is 280 g/mol. The molecule has 0 unspecified atom stereocenters. The van der Waals surface area contributed by atoms with Crippen molar-refractivity contribution in [2.75, 3.05) is 19.4 Å². The van der Waals surface area contributed by atoms with Crippen LogP contribution in [-0.4, -0.2) is 37.0 Å². The number of H-pyrrole nitrogens is 1. The van der Waals surface area contributed by atoms with Gasteiger partial charge in [0, 0.05) is 38.1 Å². The molecule has 0 aliphatic carbocycles. The molecule has 2 rings (SSSR count). The maximum atomic E-state index is 12.3. The quantitative estimate of drug-likeness (QED) is 0.864. The highest BCUT2D eigenvalue weighted by molar-refractivity contribution is 7.89. The standard InChI is InChI=1S/C12H16N4O2S/c1-13-11-3-5-12(6-4-11)19(17,18)16(2)9-10-7-14-15-8-10/h3-8,13H,9H2,1-2H3,(H,14,15). The number of benzene rings is 1. The molecule has 19 heavy (non-hydrogen) atoms. The predicted octanol–water partition coefficient (Wildman–Crippen LogP) is 1.27. The second-order valence-electron chi connectivity index (χ2n) is 4.14. The minimum absolute atomic E-state index is 0.275. The molecule has 1 aromatic heterocycles. The van der Waals surface area contributed by atoms with Crippen molar-refractivity contribution < 1.29 is 8.42 Å². The second kappa shape index (κ2) is 5.41. The first-order valence-electron chi connectivity index (χ1n) is 5.76. The van der Waals surface area contributed by atoms with Gasteiger partial charge in [0.15, 0.2) is 0 Å². The zero-order valence-corrected chi connectivity index (χ0v) is 11.6. The fraction of sp³-hybridized carbons (Fsp3) is 0.250. The van der Waals surface area contributed by atoms with Crippen LogP contribution in [0.1, 0.15) is 5.56 Å². The number of aromatic nitrogens is 2. The summed E-state index contributed by atoms with van der Waals surface area (Å²) >= 11 is 0. The Balaban J connectivity index is 2.20. The van der Waals surface area contributed by atoms with Gasteiger partial charge in [-0.15, -0.1) is 0 Å². The van der Waals surface area contributed by atoms with Crippen molar-refractivity contribution in [3.63, 3.8) is 0 Å². The number of hydrogen-bond acceptors (Lipinski definition) is 4. The SMILES string of the molecule is CNc1ccc(S(=O)(=O)N(C)Cc2cn[nH]c2)cc1. The van der Waals surface area contributed by atoms with Crippen LogP contribution in [-0.2, 0) is 16.6 Å². The topological polar surface area (TPSA) is 78.1 Å². The van der Waals surface area contributed by atoms with Gasteiger partial charge in [0.25, 0.3) is 0 Å². The minimum atomic E-state index is -3.48. The molecule has 1 heterocycles. The normalized spacial score (nSPS) is 11.7. The fourth-order valence-electron chi connectivity index (χ4n) is 1.68. The summed E-state index contributed by atoms with van der Waals surface area (Å²) in [6.07, 6.45) is 3.28. The molecule has 0 radical (unpaired) electrons. The van der Waals surface area contributed by atoms with Crippen LogP contribution in [0.4, 0.5) is 5.69 Å². The van der Waals surface area contributed by atoms with E-state index in [-0.39, 0.29) is 11.4 Å². The number of nitrogens with zero attached hydrogens (tertiary/aromatic N) is 2. The molecule has 0 amide bonds. The van der Waals surface area contributed by atoms with Crippen LogP contribution in [0.25, 0.3) is 0 Å². The Morgan fingerprint density at radius 2 is 2.00 bits per heavy atom. The van der Waals surface area contributed by atoms with Crippen LogP contribution in [0.2, 0.25) is 0 Å². The lowest BCUT2D eigenvalue weighted by molar-refractivity contribution is 0.467. The van der Waals surface area contributed by atoms with E-state index in [4.69, 9.17) is 0 Å². The van der Waals surface area contributed by atoms with Crippen LogP contribution >= 0.6 is 0 Å². The smallest absolute Gasteiger partial charge is 0.243 e. The van der Waals surface area contributed by atoms with Gasteiger partial charge in [0.05, 0.1) is 11.1 Å². The first-order chi connectivity index (χ1) is 9.04. The van der Waals surface area contributed by atoms with Crippen molar-refractivity contribution in [2.45, 2.75) is 11.4 Å². The molecule has 0 aliphatic rings. The lowest BCUT2D eigenvalue weighted by Crippen LogP contribution is -2.26. The molecule has 0 fully saturated rings. The fourth-order valence-corrected chi connectivity index (χ4v) is 2.84. The minimum Gasteiger partial charge on any atom is -0.388 e. The third-order valence-corrected chi connectivity index (χ3v) is 4.63. The van der Waals surface area contributed by atoms with E-state index in [9.17, 15) is 8.42 Å². The highest BCUT2D eigenvalue weighted by Crippen LogP contribution is 2.18. The maximum Gasteiger partial charge on any atom is 0.243 e. The Kier molecular flexibility index (Phi) is 3.87. The van der Waals surface area contributed by atoms with Crippen LogP contribution in [0.15, 0.2) is 41.6 Å². The molecule has 7 heteroatoms. The van der Waals surface area contributed by atoms with Gasteiger partial charge < -0.3 is 5.32 Å². The van der Waals surface area contributed by atoms with Gasteiger partial charge in [0.1, 0.15) is 0 Å². The van der Waals surface area contributed by atoms with E-state index in [0.29, 0.717) is 0 Å². The molecule has 0 atom stereocenters. The Labute approximate surface area is 112 Å². The van der Waals surface area contributed by atoms with Gasteiger partial charge in [-0.1, -0.05) is 0 Å². The van der Waals surface area contributed by atoms with Gasteiger partial charge in [-0.3, -0.25) is 5.10 Å². The van der Waals surface area contributed by atoms with Gasteiger partial charge in [0.2, 0.25) is 10.0 Å². The van der Waals surface area contributed by atoms with Crippen molar-refractivity contribution in [1.29, 1.82) is 0 Å². The van der Waals surface area contributed by atoms with E-state index in [1.54, 1.807) is 50.8 Å². The highest BCUT2D eigenvalue weighted by Gasteiger charge is 2.20. The van der Waals surface area contributed by atoms with E-state index in [2.05, 4.69) is 15.5 Å². The molecular formula is C12H16N4O2S. The molecule has 0 saturated carbocycles. The maximum absolute atomic E-state index is 12.3. The zero-order chi connectivity index (χ0) is 13.9. The van der Waals surface area contributed by atoms with E-state index >= 15 is 0 Å². The summed E-state index contributed by atoms with van der Waals surface area (Å²) in [6.45, 7) is 0.284. The average molecular weight is 280 g/mol. The van der Waals surface area contributed by atoms with Crippen LogP contribution in [0, 0.1) is 0 Å². The predicted molar refractivity (Wildman–Crippen MR) is 73.2 cm³/mol. The van der Waals surface area contributed by atoms with Gasteiger partial charge in [-0.25, -0.2) is 8.42 Å². The van der Waals surface area contributed by atoms with E-state index < -0.39 is 10.0 Å². The zero-order valence-electron chi connectivity index (χ0n) is 10.8. The molecule has 0 bridgehead atoms. The highest BCUT2D eigenvalue weighted by atomic mass is 32.2. The molecule has 1 aromatic carbocycles. The molecule has 0 aliphatic heterocycles. The van der Waals surface area contributed by atoms with Crippen molar-refractivity contribution in [3.05, 3.63) is 42.2 Å². The van der Waals surface area contributed by atoms with Gasteiger partial charge >= 0.3 is 0 Å². The Hall–Kier alpha value is -1.86. The number of nitrogens with one attached hydrogen (secondary N) is 2. The first kappa shape index (κ1) is 13.6. The molecule has 6 nitrogen and oxygen atoms in total. The number of anilines is 1. The Morgan fingerprint density at radius 3 is 2.53 bits per heavy atom. The number of hydrogen-bond donors (Lipinski definition) is 2. The lowest BCUT2D eigenvalue weighted by Gasteiger charge is -2.16. The van der Waals surface area contributed by atoms with Crippen LogP contribution < -0.4 is 5.32 Å². The third-order valence-electron chi connectivity index (χ3n) is 2.81.